The van der Waals surface area contributed by atoms with Gasteiger partial charge in [-0.25, -0.2) is 0 Å². The predicted molar refractivity (Wildman–Crippen MR) is 66.7 cm³/mol. The van der Waals surface area contributed by atoms with E-state index in [1.54, 1.807) is 0 Å². The number of anilines is 1. The van der Waals surface area contributed by atoms with Crippen LogP contribution < -0.4 is 5.73 Å². The summed E-state index contributed by atoms with van der Waals surface area (Å²) >= 11 is 0. The second-order valence-electron chi connectivity index (χ2n) is 4.79. The van der Waals surface area contributed by atoms with Crippen molar-refractivity contribution in [3.05, 3.63) is 11.4 Å². The standard InChI is InChI=1S/C12H20N4O/c1-3-9-10(13)11(15-14-9)12(17)16-6-4-8(2)5-7-16/h8H,3-7,13H2,1-2H3,(H,14,15). The SMILES string of the molecule is CCc1[nH]nc(C(=O)N2CCC(C)CC2)c1N. The van der Waals surface area contributed by atoms with Crippen molar-refractivity contribution in [3.63, 3.8) is 0 Å². The van der Waals surface area contributed by atoms with Crippen molar-refractivity contribution in [3.8, 4) is 0 Å². The number of carbonyl (C=O) groups is 1. The van der Waals surface area contributed by atoms with Gasteiger partial charge in [-0.3, -0.25) is 9.89 Å². The third-order valence-electron chi connectivity index (χ3n) is 3.51. The Labute approximate surface area is 101 Å². The van der Waals surface area contributed by atoms with E-state index in [0.29, 0.717) is 17.3 Å². The van der Waals surface area contributed by atoms with E-state index in [2.05, 4.69) is 17.1 Å². The van der Waals surface area contributed by atoms with Gasteiger partial charge in [0.25, 0.3) is 5.91 Å². The number of hydrogen-bond donors (Lipinski definition) is 2. The number of amides is 1. The number of nitrogen functional groups attached to an aromatic ring is 1. The number of hydrogen-bond acceptors (Lipinski definition) is 3. The van der Waals surface area contributed by atoms with Crippen LogP contribution in [-0.4, -0.2) is 34.1 Å². The van der Waals surface area contributed by atoms with Gasteiger partial charge in [0.15, 0.2) is 5.69 Å². The van der Waals surface area contributed by atoms with Crippen LogP contribution in [-0.2, 0) is 6.42 Å². The topological polar surface area (TPSA) is 75.0 Å². The molecule has 1 aromatic heterocycles. The first kappa shape index (κ1) is 12.0. The summed E-state index contributed by atoms with van der Waals surface area (Å²) in [6.07, 6.45) is 2.90. The molecule has 3 N–H and O–H groups in total. The van der Waals surface area contributed by atoms with E-state index in [4.69, 9.17) is 5.73 Å². The molecule has 5 nitrogen and oxygen atoms in total. The smallest absolute Gasteiger partial charge is 0.276 e. The molecule has 1 fully saturated rings. The van der Waals surface area contributed by atoms with Gasteiger partial charge in [0.05, 0.1) is 11.4 Å². The maximum atomic E-state index is 12.2. The van der Waals surface area contributed by atoms with Crippen LogP contribution in [0.2, 0.25) is 0 Å². The lowest BCUT2D eigenvalue weighted by molar-refractivity contribution is 0.0692. The average molecular weight is 236 g/mol. The van der Waals surface area contributed by atoms with Gasteiger partial charge in [-0.1, -0.05) is 13.8 Å². The number of H-pyrrole nitrogens is 1. The van der Waals surface area contributed by atoms with Gasteiger partial charge < -0.3 is 10.6 Å². The Morgan fingerprint density at radius 3 is 2.71 bits per heavy atom. The van der Waals surface area contributed by atoms with Crippen LogP contribution in [0.5, 0.6) is 0 Å². The minimum atomic E-state index is -0.0367. The molecule has 17 heavy (non-hydrogen) atoms. The predicted octanol–water partition coefficient (Wildman–Crippen LogP) is 1.43. The van der Waals surface area contributed by atoms with E-state index in [-0.39, 0.29) is 5.91 Å². The van der Waals surface area contributed by atoms with Crippen LogP contribution in [0.4, 0.5) is 5.69 Å². The number of aromatic amines is 1. The normalized spacial score (nSPS) is 17.4. The van der Waals surface area contributed by atoms with Crippen LogP contribution in [0, 0.1) is 5.92 Å². The van der Waals surface area contributed by atoms with E-state index in [1.807, 2.05) is 11.8 Å². The minimum absolute atomic E-state index is 0.0367. The highest BCUT2D eigenvalue weighted by atomic mass is 16.2. The second kappa shape index (κ2) is 4.77. The van der Waals surface area contributed by atoms with Crippen LogP contribution in [0.1, 0.15) is 42.9 Å². The first-order valence-corrected chi connectivity index (χ1v) is 6.25. The van der Waals surface area contributed by atoms with Gasteiger partial charge in [-0.2, -0.15) is 5.10 Å². The number of nitrogens with two attached hydrogens (primary N) is 1. The van der Waals surface area contributed by atoms with Gasteiger partial charge in [-0.15, -0.1) is 0 Å². The third kappa shape index (κ3) is 2.28. The molecule has 0 saturated carbocycles. The molecule has 94 valence electrons. The lowest BCUT2D eigenvalue weighted by Gasteiger charge is -2.29. The number of likely N-dealkylation sites (tertiary alicyclic amines) is 1. The fourth-order valence-electron chi connectivity index (χ4n) is 2.18. The molecule has 5 heteroatoms. The van der Waals surface area contributed by atoms with Crippen LogP contribution >= 0.6 is 0 Å². The lowest BCUT2D eigenvalue weighted by atomic mass is 9.99. The fraction of sp³-hybridized carbons (Fsp3) is 0.667. The Morgan fingerprint density at radius 2 is 2.18 bits per heavy atom. The number of nitrogens with zero attached hydrogens (tertiary/aromatic N) is 2. The molecule has 1 aromatic rings. The molecular weight excluding hydrogens is 216 g/mol. The van der Waals surface area contributed by atoms with Gasteiger partial charge in [0, 0.05) is 13.1 Å². The highest BCUT2D eigenvalue weighted by Gasteiger charge is 2.25. The molecule has 0 spiro atoms. The summed E-state index contributed by atoms with van der Waals surface area (Å²) in [5.41, 5.74) is 7.65. The molecule has 0 aromatic carbocycles. The number of nitrogens with one attached hydrogen (secondary N) is 1. The molecule has 0 aliphatic carbocycles. The zero-order valence-electron chi connectivity index (χ0n) is 10.5. The van der Waals surface area contributed by atoms with Gasteiger partial charge in [0.2, 0.25) is 0 Å². The zero-order chi connectivity index (χ0) is 12.4. The van der Waals surface area contributed by atoms with Crippen molar-refractivity contribution < 1.29 is 4.79 Å². The van der Waals surface area contributed by atoms with Crippen molar-refractivity contribution in [2.75, 3.05) is 18.8 Å². The molecular formula is C12H20N4O. The van der Waals surface area contributed by atoms with Crippen LogP contribution in [0.3, 0.4) is 0 Å². The van der Waals surface area contributed by atoms with Crippen LogP contribution in [0.15, 0.2) is 0 Å². The molecule has 1 amide bonds. The molecule has 0 radical (unpaired) electrons. The van der Waals surface area contributed by atoms with Crippen molar-refractivity contribution in [1.82, 2.24) is 15.1 Å². The monoisotopic (exact) mass is 236 g/mol. The van der Waals surface area contributed by atoms with Crippen LogP contribution in [0.25, 0.3) is 0 Å². The van der Waals surface area contributed by atoms with Gasteiger partial charge >= 0.3 is 0 Å². The van der Waals surface area contributed by atoms with E-state index in [9.17, 15) is 4.79 Å². The highest BCUT2D eigenvalue weighted by Crippen LogP contribution is 2.21. The Kier molecular flexibility index (Phi) is 3.36. The quantitative estimate of drug-likeness (QED) is 0.815. The van der Waals surface area contributed by atoms with E-state index in [0.717, 1.165) is 38.0 Å². The Bertz CT molecular complexity index is 405. The Hall–Kier alpha value is -1.52. The third-order valence-corrected chi connectivity index (χ3v) is 3.51. The minimum Gasteiger partial charge on any atom is -0.395 e. The lowest BCUT2D eigenvalue weighted by Crippen LogP contribution is -2.38. The molecule has 0 bridgehead atoms. The number of rotatable bonds is 2. The summed E-state index contributed by atoms with van der Waals surface area (Å²) < 4.78 is 0. The van der Waals surface area contributed by atoms with Crippen molar-refractivity contribution in [2.45, 2.75) is 33.1 Å². The molecule has 0 unspecified atom stereocenters. The van der Waals surface area contributed by atoms with Crippen molar-refractivity contribution in [1.29, 1.82) is 0 Å². The first-order valence-electron chi connectivity index (χ1n) is 6.25. The first-order chi connectivity index (χ1) is 8.13. The largest absolute Gasteiger partial charge is 0.395 e. The number of carbonyl (C=O) groups excluding carboxylic acids is 1. The highest BCUT2D eigenvalue weighted by molar-refractivity contribution is 5.97. The van der Waals surface area contributed by atoms with Crippen molar-refractivity contribution in [2.24, 2.45) is 5.92 Å². The summed E-state index contributed by atoms with van der Waals surface area (Å²) in [6.45, 7) is 5.84. The molecule has 0 atom stereocenters. The van der Waals surface area contributed by atoms with Crippen molar-refractivity contribution >= 4 is 11.6 Å². The van der Waals surface area contributed by atoms with Gasteiger partial charge in [0.1, 0.15) is 0 Å². The summed E-state index contributed by atoms with van der Waals surface area (Å²) in [5.74, 6) is 0.673. The summed E-state index contributed by atoms with van der Waals surface area (Å²) in [4.78, 5) is 14.1. The molecule has 2 rings (SSSR count). The molecule has 2 heterocycles. The zero-order valence-corrected chi connectivity index (χ0v) is 10.5. The Morgan fingerprint density at radius 1 is 1.53 bits per heavy atom. The maximum Gasteiger partial charge on any atom is 0.276 e. The number of aryl methyl sites for hydroxylation is 1. The van der Waals surface area contributed by atoms with E-state index in [1.165, 1.54) is 0 Å². The van der Waals surface area contributed by atoms with Gasteiger partial charge in [-0.05, 0) is 25.2 Å². The summed E-state index contributed by atoms with van der Waals surface area (Å²) in [5, 5.41) is 6.87. The number of piperidine rings is 1. The average Bonchev–Trinajstić information content (AvgIpc) is 2.70. The number of aromatic nitrogens is 2. The molecule has 1 saturated heterocycles. The summed E-state index contributed by atoms with van der Waals surface area (Å²) in [6, 6.07) is 0. The Balaban J connectivity index is 2.11. The fourth-order valence-corrected chi connectivity index (χ4v) is 2.18. The van der Waals surface area contributed by atoms with E-state index >= 15 is 0 Å². The second-order valence-corrected chi connectivity index (χ2v) is 4.79. The molecule has 1 aliphatic rings. The van der Waals surface area contributed by atoms with E-state index < -0.39 is 0 Å². The molecule has 1 aliphatic heterocycles. The summed E-state index contributed by atoms with van der Waals surface area (Å²) in [7, 11) is 0. The maximum absolute atomic E-state index is 12.2.